The van der Waals surface area contributed by atoms with E-state index in [9.17, 15) is 4.79 Å². The number of aryl methyl sites for hydroxylation is 2. The number of hydrogen-bond acceptors (Lipinski definition) is 9. The molecule has 0 spiro atoms. The van der Waals surface area contributed by atoms with E-state index in [1.54, 1.807) is 18.7 Å². The zero-order chi connectivity index (χ0) is 18.1. The number of hydrogen-bond donors (Lipinski definition) is 1. The Labute approximate surface area is 161 Å². The molecule has 0 aliphatic carbocycles. The maximum absolute atomic E-state index is 11.9. The van der Waals surface area contributed by atoms with Gasteiger partial charge in [0.15, 0.2) is 4.34 Å². The Kier molecular flexibility index (Phi) is 4.70. The summed E-state index contributed by atoms with van der Waals surface area (Å²) < 4.78 is 2.19. The minimum Gasteiger partial charge on any atom is -0.330 e. The second-order valence-electron chi connectivity index (χ2n) is 5.58. The highest BCUT2D eigenvalue weighted by Crippen LogP contribution is 2.30. The Morgan fingerprint density at radius 3 is 2.92 bits per heavy atom. The molecule has 132 valence electrons. The van der Waals surface area contributed by atoms with Crippen LogP contribution in [0.5, 0.6) is 0 Å². The number of aromatic nitrogens is 5. The lowest BCUT2D eigenvalue weighted by molar-refractivity contribution is 0.870. The van der Waals surface area contributed by atoms with Gasteiger partial charge in [0.1, 0.15) is 5.01 Å². The van der Waals surface area contributed by atoms with Gasteiger partial charge in [-0.15, -0.1) is 10.2 Å². The van der Waals surface area contributed by atoms with E-state index in [1.165, 1.54) is 38.8 Å². The average molecular weight is 403 g/mol. The molecule has 3 heterocycles. The van der Waals surface area contributed by atoms with Gasteiger partial charge in [0.25, 0.3) is 5.56 Å². The van der Waals surface area contributed by atoms with Crippen LogP contribution in [0.15, 0.2) is 39.5 Å². The summed E-state index contributed by atoms with van der Waals surface area (Å²) in [6, 6.07) is 9.58. The van der Waals surface area contributed by atoms with Gasteiger partial charge in [0.05, 0.1) is 5.75 Å². The number of nitrogens with one attached hydrogen (secondary N) is 1. The molecule has 0 aliphatic rings. The fraction of sp³-hybridized carbons (Fsp3) is 0.188. The van der Waals surface area contributed by atoms with Crippen LogP contribution in [0.1, 0.15) is 16.3 Å². The highest BCUT2D eigenvalue weighted by Gasteiger charge is 2.10. The predicted octanol–water partition coefficient (Wildman–Crippen LogP) is 3.66. The highest BCUT2D eigenvalue weighted by molar-refractivity contribution is 8.00. The molecule has 0 atom stereocenters. The topological polar surface area (TPSA) is 85.1 Å². The molecule has 0 aliphatic heterocycles. The van der Waals surface area contributed by atoms with Gasteiger partial charge in [-0.1, -0.05) is 46.6 Å². The van der Waals surface area contributed by atoms with Gasteiger partial charge in [0.2, 0.25) is 10.1 Å². The summed E-state index contributed by atoms with van der Waals surface area (Å²) in [7, 11) is 0. The largest absolute Gasteiger partial charge is 0.330 e. The molecule has 0 fully saturated rings. The van der Waals surface area contributed by atoms with E-state index in [2.05, 4.69) is 31.7 Å². The molecule has 0 bridgehead atoms. The van der Waals surface area contributed by atoms with E-state index in [4.69, 9.17) is 0 Å². The first-order valence-electron chi connectivity index (χ1n) is 7.73. The van der Waals surface area contributed by atoms with Crippen molar-refractivity contribution >= 4 is 50.2 Å². The van der Waals surface area contributed by atoms with Crippen LogP contribution >= 0.6 is 34.4 Å². The fourth-order valence-corrected chi connectivity index (χ4v) is 5.01. The molecule has 4 aromatic rings. The molecule has 26 heavy (non-hydrogen) atoms. The van der Waals surface area contributed by atoms with Crippen LogP contribution in [0.3, 0.4) is 0 Å². The van der Waals surface area contributed by atoms with Gasteiger partial charge in [-0.3, -0.25) is 4.79 Å². The summed E-state index contributed by atoms with van der Waals surface area (Å²) in [5, 5.41) is 17.5. The summed E-state index contributed by atoms with van der Waals surface area (Å²) in [6.45, 7) is 3.85. The quantitative estimate of drug-likeness (QED) is 0.510. The molecule has 0 saturated carbocycles. The van der Waals surface area contributed by atoms with Gasteiger partial charge in [-0.25, -0.2) is 4.98 Å². The van der Waals surface area contributed by atoms with Gasteiger partial charge >= 0.3 is 0 Å². The minimum absolute atomic E-state index is 0.152. The lowest BCUT2D eigenvalue weighted by Gasteiger charge is -2.01. The van der Waals surface area contributed by atoms with Crippen molar-refractivity contribution < 1.29 is 0 Å². The third-order valence-electron chi connectivity index (χ3n) is 3.41. The monoisotopic (exact) mass is 402 g/mol. The van der Waals surface area contributed by atoms with Crippen molar-refractivity contribution in [1.82, 2.24) is 24.8 Å². The first-order valence-corrected chi connectivity index (χ1v) is 10.3. The highest BCUT2D eigenvalue weighted by atomic mass is 32.2. The van der Waals surface area contributed by atoms with E-state index in [1.807, 2.05) is 25.1 Å². The Balaban J connectivity index is 1.45. The molecule has 0 unspecified atom stereocenters. The van der Waals surface area contributed by atoms with Crippen LogP contribution in [0.4, 0.5) is 10.8 Å². The number of nitrogens with zero attached hydrogens (tertiary/aromatic N) is 5. The molecule has 1 aromatic carbocycles. The normalized spacial score (nSPS) is 11.2. The lowest BCUT2D eigenvalue weighted by Crippen LogP contribution is -2.14. The Bertz CT molecular complexity index is 1130. The molecule has 4 rings (SSSR count). The Morgan fingerprint density at radius 2 is 2.08 bits per heavy atom. The molecule has 0 saturated heterocycles. The van der Waals surface area contributed by atoms with Crippen LogP contribution in [0.25, 0.3) is 4.96 Å². The number of rotatable bonds is 5. The van der Waals surface area contributed by atoms with Crippen molar-refractivity contribution in [1.29, 1.82) is 0 Å². The molecular formula is C16H14N6OS3. The van der Waals surface area contributed by atoms with Crippen LogP contribution in [-0.4, -0.2) is 24.8 Å². The number of thioether (sulfide) groups is 1. The van der Waals surface area contributed by atoms with Crippen molar-refractivity contribution in [3.8, 4) is 0 Å². The van der Waals surface area contributed by atoms with Gasteiger partial charge < -0.3 is 5.32 Å². The summed E-state index contributed by atoms with van der Waals surface area (Å²) in [5.74, 6) is 0.617. The first-order chi connectivity index (χ1) is 12.6. The lowest BCUT2D eigenvalue weighted by atomic mass is 10.2. The number of fused-ring (bicyclic) bond motifs is 1. The first kappa shape index (κ1) is 17.1. The predicted molar refractivity (Wildman–Crippen MR) is 106 cm³/mol. The van der Waals surface area contributed by atoms with Crippen molar-refractivity contribution in [2.45, 2.75) is 23.9 Å². The SMILES string of the molecule is Cc1cccc(Nc2nnc(SCc3nn4c(=O)cc(C)nc4s3)s2)c1. The number of benzene rings is 1. The molecule has 0 radical (unpaired) electrons. The Hall–Kier alpha value is -2.30. The minimum atomic E-state index is -0.152. The zero-order valence-electron chi connectivity index (χ0n) is 14.0. The molecule has 0 amide bonds. The summed E-state index contributed by atoms with van der Waals surface area (Å²) in [6.07, 6.45) is 0. The molecule has 3 aromatic heterocycles. The van der Waals surface area contributed by atoms with Crippen molar-refractivity contribution in [3.63, 3.8) is 0 Å². The van der Waals surface area contributed by atoms with Crippen molar-refractivity contribution in [2.75, 3.05) is 5.32 Å². The van der Waals surface area contributed by atoms with Crippen LogP contribution in [0.2, 0.25) is 0 Å². The van der Waals surface area contributed by atoms with E-state index in [0.717, 1.165) is 20.2 Å². The standard InChI is InChI=1S/C16H14N6OS3/c1-9-4-3-5-11(6-9)18-14-19-20-16(26-14)24-8-12-21-22-13(23)7-10(2)17-15(22)25-12/h3-7H,8H2,1-2H3,(H,18,19). The van der Waals surface area contributed by atoms with Crippen LogP contribution in [0, 0.1) is 13.8 Å². The molecule has 7 nitrogen and oxygen atoms in total. The maximum Gasteiger partial charge on any atom is 0.275 e. The van der Waals surface area contributed by atoms with Crippen LogP contribution in [-0.2, 0) is 5.75 Å². The summed E-state index contributed by atoms with van der Waals surface area (Å²) in [5.41, 5.74) is 2.73. The summed E-state index contributed by atoms with van der Waals surface area (Å²) in [4.78, 5) is 16.9. The zero-order valence-corrected chi connectivity index (χ0v) is 16.4. The third kappa shape index (κ3) is 3.76. The van der Waals surface area contributed by atoms with E-state index >= 15 is 0 Å². The van der Waals surface area contributed by atoms with E-state index < -0.39 is 0 Å². The molecule has 10 heteroatoms. The third-order valence-corrected chi connectivity index (χ3v) is 6.48. The molecule has 1 N–H and O–H groups in total. The summed E-state index contributed by atoms with van der Waals surface area (Å²) >= 11 is 4.45. The van der Waals surface area contributed by atoms with E-state index in [0.29, 0.717) is 16.4 Å². The second kappa shape index (κ2) is 7.14. The maximum atomic E-state index is 11.9. The second-order valence-corrected chi connectivity index (χ2v) is 8.82. The van der Waals surface area contributed by atoms with Gasteiger partial charge in [0, 0.05) is 17.4 Å². The van der Waals surface area contributed by atoms with E-state index in [-0.39, 0.29) is 5.56 Å². The molecular weight excluding hydrogens is 388 g/mol. The van der Waals surface area contributed by atoms with Gasteiger partial charge in [-0.05, 0) is 31.5 Å². The fourth-order valence-electron chi connectivity index (χ4n) is 2.31. The number of anilines is 2. The van der Waals surface area contributed by atoms with Crippen molar-refractivity contribution in [2.24, 2.45) is 0 Å². The van der Waals surface area contributed by atoms with Gasteiger partial charge in [-0.2, -0.15) is 9.61 Å². The average Bonchev–Trinajstić information content (AvgIpc) is 3.19. The van der Waals surface area contributed by atoms with Crippen LogP contribution < -0.4 is 10.9 Å². The van der Waals surface area contributed by atoms with Crippen molar-refractivity contribution in [3.05, 3.63) is 57.0 Å². The Morgan fingerprint density at radius 1 is 1.19 bits per heavy atom. The smallest absolute Gasteiger partial charge is 0.275 e.